The molecule has 0 saturated carbocycles. The van der Waals surface area contributed by atoms with E-state index in [1.54, 1.807) is 7.11 Å². The number of carbonyl (C=O) groups excluding carboxylic acids is 1. The summed E-state index contributed by atoms with van der Waals surface area (Å²) in [5.41, 5.74) is 7.57. The normalized spacial score (nSPS) is 27.0. The Morgan fingerprint density at radius 2 is 2.24 bits per heavy atom. The van der Waals surface area contributed by atoms with Crippen molar-refractivity contribution in [2.75, 3.05) is 40.8 Å². The third kappa shape index (κ3) is 4.12. The van der Waals surface area contributed by atoms with Gasteiger partial charge in [-0.2, -0.15) is 0 Å². The second-order valence-electron chi connectivity index (χ2n) is 7.03. The number of methoxy groups -OCH3 is 1. The van der Waals surface area contributed by atoms with Crippen LogP contribution in [0.5, 0.6) is 5.75 Å². The molecule has 2 aliphatic heterocycles. The topological polar surface area (TPSA) is 77.7 Å². The van der Waals surface area contributed by atoms with Crippen molar-refractivity contribution in [1.29, 1.82) is 0 Å². The van der Waals surface area contributed by atoms with E-state index in [1.165, 1.54) is 0 Å². The zero-order chi connectivity index (χ0) is 17.8. The molecule has 4 unspecified atom stereocenters. The highest BCUT2D eigenvalue weighted by molar-refractivity contribution is 5.82. The second kappa shape index (κ2) is 8.14. The molecule has 0 spiro atoms. The Morgan fingerprint density at radius 3 is 3.00 bits per heavy atom. The summed E-state index contributed by atoms with van der Waals surface area (Å²) in [5.74, 6) is 1.18. The molecule has 138 valence electrons. The van der Waals surface area contributed by atoms with E-state index in [2.05, 4.69) is 32.5 Å². The van der Waals surface area contributed by atoms with Gasteiger partial charge in [0.15, 0.2) is 0 Å². The number of amides is 1. The Balaban J connectivity index is 1.62. The summed E-state index contributed by atoms with van der Waals surface area (Å²) in [6.45, 7) is 2.43. The number of nitrogens with one attached hydrogen (secondary N) is 4. The molecule has 2 fully saturated rings. The van der Waals surface area contributed by atoms with Gasteiger partial charge in [-0.3, -0.25) is 10.2 Å². The first kappa shape index (κ1) is 18.1. The molecule has 0 bridgehead atoms. The molecule has 4 atom stereocenters. The van der Waals surface area contributed by atoms with Crippen LogP contribution >= 0.6 is 0 Å². The monoisotopic (exact) mass is 347 g/mol. The van der Waals surface area contributed by atoms with Gasteiger partial charge < -0.3 is 20.3 Å². The predicted octanol–water partition coefficient (Wildman–Crippen LogP) is -0.131. The van der Waals surface area contributed by atoms with Crippen molar-refractivity contribution in [2.24, 2.45) is 5.92 Å². The molecule has 1 aromatic carbocycles. The first-order chi connectivity index (χ1) is 12.1. The van der Waals surface area contributed by atoms with E-state index in [0.29, 0.717) is 18.5 Å². The molecule has 2 aliphatic rings. The van der Waals surface area contributed by atoms with E-state index >= 15 is 0 Å². The lowest BCUT2D eigenvalue weighted by atomic mass is 9.89. The fourth-order valence-electron chi connectivity index (χ4n) is 3.73. The summed E-state index contributed by atoms with van der Waals surface area (Å²) in [6.07, 6.45) is 1.05. The number of carbonyl (C=O) groups is 1. The summed E-state index contributed by atoms with van der Waals surface area (Å²) >= 11 is 0. The number of piperidine rings is 1. The molecule has 3 rings (SSSR count). The fraction of sp³-hybridized carbons (Fsp3) is 0.611. The smallest absolute Gasteiger partial charge is 0.238 e. The maximum Gasteiger partial charge on any atom is 0.238 e. The van der Waals surface area contributed by atoms with E-state index in [9.17, 15) is 4.79 Å². The summed E-state index contributed by atoms with van der Waals surface area (Å²) in [7, 11) is 5.71. The van der Waals surface area contributed by atoms with Crippen molar-refractivity contribution in [3.8, 4) is 5.75 Å². The average molecular weight is 347 g/mol. The van der Waals surface area contributed by atoms with Gasteiger partial charge in [0.25, 0.3) is 0 Å². The standard InChI is InChI=1S/C18H29N5O2/c1-23(2)16(12-5-4-6-13(9-12)25-3)11-20-18(24)17-14-10-19-8-7-15(14)21-22-17/h4-6,9,14-17,19,21-22H,7-8,10-11H2,1-3H3,(H,20,24). The SMILES string of the molecule is COc1cccc(C(CNC(=O)C2NNC3CCNCC32)N(C)C)c1. The lowest BCUT2D eigenvalue weighted by Gasteiger charge is -2.29. The van der Waals surface area contributed by atoms with Gasteiger partial charge in [-0.15, -0.1) is 0 Å². The van der Waals surface area contributed by atoms with Crippen molar-refractivity contribution >= 4 is 5.91 Å². The average Bonchev–Trinajstić information content (AvgIpc) is 3.06. The number of likely N-dealkylation sites (N-methyl/N-ethyl adjacent to an activating group) is 1. The van der Waals surface area contributed by atoms with E-state index in [0.717, 1.165) is 30.8 Å². The van der Waals surface area contributed by atoms with Crippen molar-refractivity contribution < 1.29 is 9.53 Å². The lowest BCUT2D eigenvalue weighted by Crippen LogP contribution is -2.50. The molecule has 0 radical (unpaired) electrons. The number of hydrogen-bond donors (Lipinski definition) is 4. The highest BCUT2D eigenvalue weighted by Crippen LogP contribution is 2.23. The quantitative estimate of drug-likeness (QED) is 0.574. The summed E-state index contributed by atoms with van der Waals surface area (Å²) in [4.78, 5) is 14.8. The second-order valence-corrected chi connectivity index (χ2v) is 7.03. The van der Waals surface area contributed by atoms with Gasteiger partial charge >= 0.3 is 0 Å². The molecule has 1 amide bonds. The number of hydrogen-bond acceptors (Lipinski definition) is 6. The molecule has 2 saturated heterocycles. The molecule has 4 N–H and O–H groups in total. The number of benzene rings is 1. The van der Waals surface area contributed by atoms with Crippen LogP contribution < -0.4 is 26.2 Å². The highest BCUT2D eigenvalue weighted by atomic mass is 16.5. The fourth-order valence-corrected chi connectivity index (χ4v) is 3.73. The Labute approximate surface area is 149 Å². The van der Waals surface area contributed by atoms with Crippen molar-refractivity contribution in [1.82, 2.24) is 26.4 Å². The van der Waals surface area contributed by atoms with Crippen LogP contribution in [0, 0.1) is 5.92 Å². The molecular formula is C18H29N5O2. The molecule has 7 heteroatoms. The molecular weight excluding hydrogens is 318 g/mol. The van der Waals surface area contributed by atoms with Gasteiger partial charge in [0.1, 0.15) is 11.8 Å². The summed E-state index contributed by atoms with van der Waals surface area (Å²) in [5, 5.41) is 6.50. The van der Waals surface area contributed by atoms with E-state index in [-0.39, 0.29) is 18.0 Å². The third-order valence-electron chi connectivity index (χ3n) is 5.24. The molecule has 7 nitrogen and oxygen atoms in total. The minimum Gasteiger partial charge on any atom is -0.497 e. The van der Waals surface area contributed by atoms with Gasteiger partial charge in [0.2, 0.25) is 5.91 Å². The van der Waals surface area contributed by atoms with Crippen LogP contribution in [0.1, 0.15) is 18.0 Å². The highest BCUT2D eigenvalue weighted by Gasteiger charge is 2.41. The number of fused-ring (bicyclic) bond motifs is 1. The number of rotatable bonds is 6. The van der Waals surface area contributed by atoms with Crippen LogP contribution in [0.15, 0.2) is 24.3 Å². The zero-order valence-corrected chi connectivity index (χ0v) is 15.2. The predicted molar refractivity (Wildman–Crippen MR) is 97.3 cm³/mol. The van der Waals surface area contributed by atoms with Crippen molar-refractivity contribution in [3.63, 3.8) is 0 Å². The third-order valence-corrected chi connectivity index (χ3v) is 5.24. The minimum atomic E-state index is -0.189. The van der Waals surface area contributed by atoms with Crippen LogP contribution in [0.2, 0.25) is 0 Å². The zero-order valence-electron chi connectivity index (χ0n) is 15.2. The van der Waals surface area contributed by atoms with Gasteiger partial charge in [-0.05, 0) is 44.8 Å². The van der Waals surface area contributed by atoms with E-state index in [4.69, 9.17) is 4.74 Å². The first-order valence-corrected chi connectivity index (χ1v) is 8.90. The van der Waals surface area contributed by atoms with Gasteiger partial charge in [0.05, 0.1) is 13.2 Å². The molecule has 25 heavy (non-hydrogen) atoms. The molecule has 2 heterocycles. The van der Waals surface area contributed by atoms with Gasteiger partial charge in [0, 0.05) is 25.0 Å². The number of hydrazine groups is 1. The van der Waals surface area contributed by atoms with Crippen LogP contribution in [0.25, 0.3) is 0 Å². The molecule has 0 aliphatic carbocycles. The van der Waals surface area contributed by atoms with Crippen LogP contribution in [0.3, 0.4) is 0 Å². The largest absolute Gasteiger partial charge is 0.497 e. The van der Waals surface area contributed by atoms with Crippen LogP contribution in [-0.4, -0.2) is 63.7 Å². The Bertz CT molecular complexity index is 595. The van der Waals surface area contributed by atoms with E-state index < -0.39 is 0 Å². The van der Waals surface area contributed by atoms with Crippen molar-refractivity contribution in [3.05, 3.63) is 29.8 Å². The summed E-state index contributed by atoms with van der Waals surface area (Å²) < 4.78 is 5.32. The number of ether oxygens (including phenoxy) is 1. The Kier molecular flexibility index (Phi) is 5.90. The summed E-state index contributed by atoms with van der Waals surface area (Å²) in [6, 6.07) is 8.27. The Hall–Kier alpha value is -1.67. The Morgan fingerprint density at radius 1 is 1.40 bits per heavy atom. The van der Waals surface area contributed by atoms with Crippen LogP contribution in [-0.2, 0) is 4.79 Å². The van der Waals surface area contributed by atoms with Gasteiger partial charge in [-0.1, -0.05) is 12.1 Å². The molecule has 1 aromatic rings. The minimum absolute atomic E-state index is 0.0541. The maximum atomic E-state index is 12.7. The van der Waals surface area contributed by atoms with Crippen molar-refractivity contribution in [2.45, 2.75) is 24.5 Å². The lowest BCUT2D eigenvalue weighted by molar-refractivity contribution is -0.124. The van der Waals surface area contributed by atoms with E-state index in [1.807, 2.05) is 32.3 Å². The van der Waals surface area contributed by atoms with Crippen LogP contribution in [0.4, 0.5) is 0 Å². The first-order valence-electron chi connectivity index (χ1n) is 8.90. The maximum absolute atomic E-state index is 12.7. The number of nitrogens with zero attached hydrogens (tertiary/aromatic N) is 1. The van der Waals surface area contributed by atoms with Gasteiger partial charge in [-0.25, -0.2) is 5.43 Å². The molecule has 0 aromatic heterocycles.